The van der Waals surface area contributed by atoms with Crippen LogP contribution in [0, 0.1) is 0 Å². The number of rotatable bonds is 3. The standard InChI is InChI=1S/C18H23N5/c1-20-11-15(10-19)18-12-21-17-9-14(3-4-16(17)22-18)13-5-7-23(2)8-6-13/h3-4,9-13H,5-8,19H2,1-2H3. The molecule has 1 aliphatic heterocycles. The monoisotopic (exact) mass is 309 g/mol. The van der Waals surface area contributed by atoms with Crippen molar-refractivity contribution in [2.24, 2.45) is 10.7 Å². The second kappa shape index (κ2) is 6.87. The molecule has 1 aromatic carbocycles. The van der Waals surface area contributed by atoms with E-state index in [0.717, 1.165) is 35.4 Å². The Balaban J connectivity index is 1.90. The highest BCUT2D eigenvalue weighted by atomic mass is 15.1. The van der Waals surface area contributed by atoms with Crippen LogP contribution in [-0.2, 0) is 0 Å². The smallest absolute Gasteiger partial charge is 0.0922 e. The van der Waals surface area contributed by atoms with Gasteiger partial charge in [-0.25, -0.2) is 4.98 Å². The molecule has 0 atom stereocenters. The third kappa shape index (κ3) is 3.40. The van der Waals surface area contributed by atoms with Crippen LogP contribution in [-0.4, -0.2) is 48.3 Å². The summed E-state index contributed by atoms with van der Waals surface area (Å²) in [4.78, 5) is 15.6. The topological polar surface area (TPSA) is 67.4 Å². The van der Waals surface area contributed by atoms with Crippen molar-refractivity contribution in [3.63, 3.8) is 0 Å². The van der Waals surface area contributed by atoms with E-state index in [1.54, 1.807) is 19.5 Å². The Morgan fingerprint density at radius 2 is 2.09 bits per heavy atom. The minimum atomic E-state index is 0.629. The molecular weight excluding hydrogens is 286 g/mol. The number of benzene rings is 1. The van der Waals surface area contributed by atoms with Crippen molar-refractivity contribution in [2.75, 3.05) is 27.2 Å². The molecule has 5 heteroatoms. The van der Waals surface area contributed by atoms with Crippen LogP contribution < -0.4 is 5.73 Å². The summed E-state index contributed by atoms with van der Waals surface area (Å²) in [6.07, 6.45) is 7.39. The Labute approximate surface area is 137 Å². The van der Waals surface area contributed by atoms with Gasteiger partial charge in [0.1, 0.15) is 0 Å². The van der Waals surface area contributed by atoms with Crippen molar-refractivity contribution >= 4 is 22.8 Å². The molecule has 1 fully saturated rings. The van der Waals surface area contributed by atoms with E-state index in [1.807, 2.05) is 0 Å². The fourth-order valence-corrected chi connectivity index (χ4v) is 3.10. The molecule has 2 N–H and O–H groups in total. The SMILES string of the molecule is CN=CC(=CN)c1cnc2cc(C3CCN(C)CC3)ccc2n1. The molecule has 120 valence electrons. The molecule has 0 radical (unpaired) electrons. The number of likely N-dealkylation sites (tertiary alicyclic amines) is 1. The third-order valence-corrected chi connectivity index (χ3v) is 4.50. The van der Waals surface area contributed by atoms with E-state index in [2.05, 4.69) is 45.1 Å². The lowest BCUT2D eigenvalue weighted by Gasteiger charge is -2.29. The summed E-state index contributed by atoms with van der Waals surface area (Å²) in [5.74, 6) is 0.629. The first-order valence-corrected chi connectivity index (χ1v) is 8.01. The van der Waals surface area contributed by atoms with Crippen LogP contribution in [0.1, 0.15) is 30.0 Å². The molecule has 0 saturated carbocycles. The maximum absolute atomic E-state index is 5.64. The van der Waals surface area contributed by atoms with Crippen molar-refractivity contribution < 1.29 is 0 Å². The van der Waals surface area contributed by atoms with Gasteiger partial charge in [-0.2, -0.15) is 0 Å². The molecule has 23 heavy (non-hydrogen) atoms. The second-order valence-corrected chi connectivity index (χ2v) is 6.09. The van der Waals surface area contributed by atoms with Gasteiger partial charge in [0.2, 0.25) is 0 Å². The molecule has 2 heterocycles. The zero-order valence-corrected chi connectivity index (χ0v) is 13.7. The molecule has 1 aliphatic rings. The maximum atomic E-state index is 5.64. The summed E-state index contributed by atoms with van der Waals surface area (Å²) >= 11 is 0. The predicted molar refractivity (Wildman–Crippen MR) is 95.6 cm³/mol. The zero-order chi connectivity index (χ0) is 16.2. The summed E-state index contributed by atoms with van der Waals surface area (Å²) in [6, 6.07) is 6.44. The molecule has 0 unspecified atom stereocenters. The molecule has 3 rings (SSSR count). The Bertz CT molecular complexity index is 742. The maximum Gasteiger partial charge on any atom is 0.0922 e. The largest absolute Gasteiger partial charge is 0.404 e. The highest BCUT2D eigenvalue weighted by Gasteiger charge is 2.18. The number of aromatic nitrogens is 2. The number of allylic oxidation sites excluding steroid dienone is 1. The lowest BCUT2D eigenvalue weighted by Crippen LogP contribution is -2.29. The lowest BCUT2D eigenvalue weighted by molar-refractivity contribution is 0.255. The van der Waals surface area contributed by atoms with Gasteiger partial charge in [0.25, 0.3) is 0 Å². The van der Waals surface area contributed by atoms with E-state index in [0.29, 0.717) is 5.92 Å². The molecule has 1 aromatic heterocycles. The van der Waals surface area contributed by atoms with E-state index in [-0.39, 0.29) is 0 Å². The predicted octanol–water partition coefficient (Wildman–Crippen LogP) is 2.44. The molecule has 2 aromatic rings. The normalized spacial score (nSPS) is 18.1. The van der Waals surface area contributed by atoms with Gasteiger partial charge in [-0.05, 0) is 56.6 Å². The zero-order valence-electron chi connectivity index (χ0n) is 13.7. The highest BCUT2D eigenvalue weighted by Crippen LogP contribution is 2.29. The summed E-state index contributed by atoms with van der Waals surface area (Å²) in [7, 11) is 3.90. The Hall–Kier alpha value is -2.27. The van der Waals surface area contributed by atoms with Crippen molar-refractivity contribution in [1.82, 2.24) is 14.9 Å². The van der Waals surface area contributed by atoms with Crippen LogP contribution in [0.15, 0.2) is 35.6 Å². The summed E-state index contributed by atoms with van der Waals surface area (Å²) in [5, 5.41) is 0. The Morgan fingerprint density at radius 3 is 2.78 bits per heavy atom. The first-order valence-electron chi connectivity index (χ1n) is 8.01. The molecule has 5 nitrogen and oxygen atoms in total. The molecule has 0 spiro atoms. The molecular formula is C18H23N5. The van der Waals surface area contributed by atoms with E-state index in [9.17, 15) is 0 Å². The summed E-state index contributed by atoms with van der Waals surface area (Å²) < 4.78 is 0. The quantitative estimate of drug-likeness (QED) is 0.884. The fourth-order valence-electron chi connectivity index (χ4n) is 3.10. The van der Waals surface area contributed by atoms with Gasteiger partial charge in [0.15, 0.2) is 0 Å². The number of nitrogens with two attached hydrogens (primary N) is 1. The Kier molecular flexibility index (Phi) is 4.67. The van der Waals surface area contributed by atoms with Gasteiger partial charge in [0.05, 0.1) is 22.9 Å². The molecule has 0 amide bonds. The molecule has 1 saturated heterocycles. The lowest BCUT2D eigenvalue weighted by atomic mass is 9.89. The first-order chi connectivity index (χ1) is 11.2. The fraction of sp³-hybridized carbons (Fsp3) is 0.389. The minimum Gasteiger partial charge on any atom is -0.404 e. The summed E-state index contributed by atoms with van der Waals surface area (Å²) in [6.45, 7) is 2.32. The van der Waals surface area contributed by atoms with Crippen molar-refractivity contribution in [1.29, 1.82) is 0 Å². The molecule has 0 bridgehead atoms. The van der Waals surface area contributed by atoms with Crippen LogP contribution in [0.3, 0.4) is 0 Å². The number of aliphatic imine (C=N–C) groups is 1. The van der Waals surface area contributed by atoms with Crippen molar-refractivity contribution in [2.45, 2.75) is 18.8 Å². The van der Waals surface area contributed by atoms with Crippen molar-refractivity contribution in [3.8, 4) is 0 Å². The number of piperidine rings is 1. The van der Waals surface area contributed by atoms with Crippen molar-refractivity contribution in [3.05, 3.63) is 41.9 Å². The van der Waals surface area contributed by atoms with Gasteiger partial charge in [-0.15, -0.1) is 0 Å². The van der Waals surface area contributed by atoms with Crippen LogP contribution in [0.4, 0.5) is 0 Å². The van der Waals surface area contributed by atoms with Gasteiger partial charge in [0, 0.05) is 25.0 Å². The number of fused-ring (bicyclic) bond motifs is 1. The van der Waals surface area contributed by atoms with E-state index >= 15 is 0 Å². The minimum absolute atomic E-state index is 0.629. The van der Waals surface area contributed by atoms with Gasteiger partial charge in [-0.1, -0.05) is 6.07 Å². The van der Waals surface area contributed by atoms with Crippen LogP contribution in [0.2, 0.25) is 0 Å². The highest BCUT2D eigenvalue weighted by molar-refractivity contribution is 6.09. The molecule has 0 aliphatic carbocycles. The number of hydrogen-bond acceptors (Lipinski definition) is 5. The Morgan fingerprint density at radius 1 is 1.30 bits per heavy atom. The van der Waals surface area contributed by atoms with E-state index in [4.69, 9.17) is 5.73 Å². The third-order valence-electron chi connectivity index (χ3n) is 4.50. The van der Waals surface area contributed by atoms with Gasteiger partial charge >= 0.3 is 0 Å². The number of hydrogen-bond donors (Lipinski definition) is 1. The van der Waals surface area contributed by atoms with Gasteiger partial charge < -0.3 is 10.6 Å². The number of nitrogens with zero attached hydrogens (tertiary/aromatic N) is 4. The first kappa shape index (κ1) is 15.6. The van der Waals surface area contributed by atoms with E-state index in [1.165, 1.54) is 24.6 Å². The van der Waals surface area contributed by atoms with Gasteiger partial charge in [-0.3, -0.25) is 9.98 Å². The van der Waals surface area contributed by atoms with Crippen LogP contribution >= 0.6 is 0 Å². The van der Waals surface area contributed by atoms with Crippen LogP contribution in [0.5, 0.6) is 0 Å². The second-order valence-electron chi connectivity index (χ2n) is 6.09. The van der Waals surface area contributed by atoms with E-state index < -0.39 is 0 Å². The average Bonchev–Trinajstić information content (AvgIpc) is 2.59. The van der Waals surface area contributed by atoms with Crippen LogP contribution in [0.25, 0.3) is 16.6 Å². The summed E-state index contributed by atoms with van der Waals surface area (Å²) in [5.41, 5.74) is 10.4. The average molecular weight is 309 g/mol.